The minimum Gasteiger partial charge on any atom is -0.487 e. The molecule has 1 aliphatic rings. The van der Waals surface area contributed by atoms with Gasteiger partial charge in [0.05, 0.1) is 16.2 Å². The van der Waals surface area contributed by atoms with E-state index in [0.717, 1.165) is 41.3 Å². The normalized spacial score (nSPS) is 15.3. The lowest BCUT2D eigenvalue weighted by molar-refractivity contribution is 0.229. The van der Waals surface area contributed by atoms with Crippen molar-refractivity contribution in [2.24, 2.45) is 5.73 Å². The first kappa shape index (κ1) is 19.5. The highest BCUT2D eigenvalue weighted by Gasteiger charge is 2.38. The predicted octanol–water partition coefficient (Wildman–Crippen LogP) is 4.34. The topological polar surface area (TPSA) is 87.1 Å². The monoisotopic (exact) mass is 404 g/mol. The van der Waals surface area contributed by atoms with E-state index < -0.39 is 5.54 Å². The quantitative estimate of drug-likeness (QED) is 0.657. The number of nitrogens with two attached hydrogens (primary N) is 1. The molecule has 0 atom stereocenters. The lowest BCUT2D eigenvalue weighted by atomic mass is 9.77. The molecule has 1 aromatic carbocycles. The van der Waals surface area contributed by atoms with Crippen LogP contribution >= 0.6 is 23.7 Å². The maximum atomic E-state index is 6.23. The smallest absolute Gasteiger partial charge is 0.250 e. The van der Waals surface area contributed by atoms with E-state index in [9.17, 15) is 0 Å². The van der Waals surface area contributed by atoms with Gasteiger partial charge in [-0.05, 0) is 38.3 Å². The summed E-state index contributed by atoms with van der Waals surface area (Å²) < 4.78 is 11.2. The number of halogens is 1. The number of aromatic nitrogens is 3. The van der Waals surface area contributed by atoms with E-state index in [-0.39, 0.29) is 12.4 Å². The van der Waals surface area contributed by atoms with Gasteiger partial charge in [0.1, 0.15) is 12.4 Å². The average molecular weight is 405 g/mol. The zero-order chi connectivity index (χ0) is 18.0. The number of ether oxygens (including phenoxy) is 1. The summed E-state index contributed by atoms with van der Waals surface area (Å²) in [6.07, 6.45) is 6.61. The average Bonchev–Trinajstić information content (AvgIpc) is 3.26. The molecule has 142 valence electrons. The summed E-state index contributed by atoms with van der Waals surface area (Å²) in [5, 5.41) is 7.07. The van der Waals surface area contributed by atoms with Crippen LogP contribution in [0.1, 0.15) is 47.2 Å². The van der Waals surface area contributed by atoms with Gasteiger partial charge in [-0.15, -0.1) is 23.7 Å². The van der Waals surface area contributed by atoms with Crippen molar-refractivity contribution in [2.75, 3.05) is 0 Å². The second kappa shape index (κ2) is 8.21. The molecule has 0 bridgehead atoms. The molecule has 1 saturated carbocycles. The fraction of sp³-hybridized carbons (Fsp3) is 0.316. The predicted molar refractivity (Wildman–Crippen MR) is 108 cm³/mol. The van der Waals surface area contributed by atoms with Gasteiger partial charge >= 0.3 is 0 Å². The van der Waals surface area contributed by atoms with E-state index in [4.69, 9.17) is 15.0 Å². The van der Waals surface area contributed by atoms with Crippen molar-refractivity contribution < 1.29 is 9.26 Å². The van der Waals surface area contributed by atoms with Crippen LogP contribution in [0.3, 0.4) is 0 Å². The van der Waals surface area contributed by atoms with E-state index in [0.29, 0.717) is 18.3 Å². The van der Waals surface area contributed by atoms with E-state index in [1.807, 2.05) is 42.6 Å². The van der Waals surface area contributed by atoms with Gasteiger partial charge in [-0.25, -0.2) is 4.98 Å². The molecule has 0 saturated heterocycles. The van der Waals surface area contributed by atoms with Gasteiger partial charge in [0.25, 0.3) is 5.89 Å². The number of para-hydroxylation sites is 1. The Morgan fingerprint density at radius 2 is 2.07 bits per heavy atom. The highest BCUT2D eigenvalue weighted by Crippen LogP contribution is 2.37. The number of aryl methyl sites for hydroxylation is 1. The van der Waals surface area contributed by atoms with Crippen molar-refractivity contribution in [1.82, 2.24) is 15.1 Å². The Morgan fingerprint density at radius 1 is 1.26 bits per heavy atom. The Morgan fingerprint density at radius 3 is 2.78 bits per heavy atom. The van der Waals surface area contributed by atoms with Gasteiger partial charge in [0.15, 0.2) is 5.82 Å². The zero-order valence-electron chi connectivity index (χ0n) is 14.9. The molecule has 2 N–H and O–H groups in total. The molecule has 2 heterocycles. The van der Waals surface area contributed by atoms with E-state index in [1.165, 1.54) is 0 Å². The van der Waals surface area contributed by atoms with Crippen LogP contribution < -0.4 is 10.5 Å². The molecule has 6 nitrogen and oxygen atoms in total. The Bertz CT molecular complexity index is 933. The summed E-state index contributed by atoms with van der Waals surface area (Å²) in [7, 11) is 0. The number of rotatable bonds is 6. The van der Waals surface area contributed by atoms with Gasteiger partial charge < -0.3 is 15.0 Å². The molecule has 3 aromatic rings. The third-order valence-electron chi connectivity index (χ3n) is 4.50. The summed E-state index contributed by atoms with van der Waals surface area (Å²) in [5.41, 5.74) is 7.68. The summed E-state index contributed by atoms with van der Waals surface area (Å²) >= 11 is 1.62. The third kappa shape index (κ3) is 4.37. The zero-order valence-corrected chi connectivity index (χ0v) is 16.6. The van der Waals surface area contributed by atoms with Crippen LogP contribution in [0.5, 0.6) is 5.75 Å². The van der Waals surface area contributed by atoms with Crippen molar-refractivity contribution in [2.45, 2.75) is 38.3 Å². The van der Waals surface area contributed by atoms with Gasteiger partial charge in [-0.2, -0.15) is 4.98 Å². The Balaban J connectivity index is 0.00000210. The van der Waals surface area contributed by atoms with Crippen molar-refractivity contribution in [1.29, 1.82) is 0 Å². The van der Waals surface area contributed by atoms with E-state index in [2.05, 4.69) is 15.1 Å². The van der Waals surface area contributed by atoms with E-state index >= 15 is 0 Å². The molecule has 0 amide bonds. The highest BCUT2D eigenvalue weighted by molar-refractivity contribution is 7.09. The Kier molecular flexibility index (Phi) is 5.94. The van der Waals surface area contributed by atoms with Gasteiger partial charge in [-0.1, -0.05) is 23.4 Å². The number of hydrogen-bond donors (Lipinski definition) is 1. The van der Waals surface area contributed by atoms with Gasteiger partial charge in [0.2, 0.25) is 0 Å². The Labute approximate surface area is 167 Å². The number of thiazole rings is 1. The van der Waals surface area contributed by atoms with Crippen molar-refractivity contribution >= 4 is 35.9 Å². The van der Waals surface area contributed by atoms with Crippen molar-refractivity contribution in [3.05, 3.63) is 57.6 Å². The maximum absolute atomic E-state index is 6.23. The molecular formula is C19H21ClN4O2S. The van der Waals surface area contributed by atoms with Crippen LogP contribution in [0.2, 0.25) is 0 Å². The summed E-state index contributed by atoms with van der Waals surface area (Å²) in [6.45, 7) is 2.42. The SMILES string of the molecule is Cc1nc(COc2ccccc2/C=C/c2nc(C3(N)CCC3)no2)cs1.Cl. The largest absolute Gasteiger partial charge is 0.487 e. The van der Waals surface area contributed by atoms with Crippen LogP contribution in [0, 0.1) is 6.92 Å². The molecule has 0 unspecified atom stereocenters. The first-order valence-electron chi connectivity index (χ1n) is 8.56. The minimum atomic E-state index is -0.414. The molecule has 0 radical (unpaired) electrons. The summed E-state index contributed by atoms with van der Waals surface area (Å²) in [6, 6.07) is 7.81. The van der Waals surface area contributed by atoms with Crippen LogP contribution in [0.15, 0.2) is 34.2 Å². The van der Waals surface area contributed by atoms with Gasteiger partial charge in [0, 0.05) is 17.0 Å². The first-order chi connectivity index (χ1) is 12.6. The van der Waals surface area contributed by atoms with Crippen molar-refractivity contribution in [3.63, 3.8) is 0 Å². The first-order valence-corrected chi connectivity index (χ1v) is 9.44. The molecule has 27 heavy (non-hydrogen) atoms. The molecule has 1 aliphatic carbocycles. The third-order valence-corrected chi connectivity index (χ3v) is 5.32. The summed E-state index contributed by atoms with van der Waals surface area (Å²) in [5.74, 6) is 1.82. The second-order valence-corrected chi connectivity index (χ2v) is 7.55. The number of hydrogen-bond acceptors (Lipinski definition) is 7. The Hall–Kier alpha value is -2.22. The molecule has 8 heteroatoms. The van der Waals surface area contributed by atoms with Crippen LogP contribution in [0.4, 0.5) is 0 Å². The summed E-state index contributed by atoms with van der Waals surface area (Å²) in [4.78, 5) is 8.82. The molecule has 1 fully saturated rings. The second-order valence-electron chi connectivity index (χ2n) is 6.48. The maximum Gasteiger partial charge on any atom is 0.250 e. The van der Waals surface area contributed by atoms with Crippen molar-refractivity contribution in [3.8, 4) is 5.75 Å². The fourth-order valence-electron chi connectivity index (χ4n) is 2.82. The molecule has 2 aromatic heterocycles. The standard InChI is InChI=1S/C19H20N4O2S.ClH/c1-13-21-15(12-26-13)11-24-16-6-3-2-5-14(16)7-8-17-22-18(23-25-17)19(20)9-4-10-19;/h2-3,5-8,12H,4,9-11,20H2,1H3;1H/b8-7+;. The molecular weight excluding hydrogens is 384 g/mol. The highest BCUT2D eigenvalue weighted by atomic mass is 35.5. The van der Waals surface area contributed by atoms with Crippen LogP contribution in [-0.2, 0) is 12.1 Å². The molecule has 0 aliphatic heterocycles. The molecule has 0 spiro atoms. The minimum absolute atomic E-state index is 0. The van der Waals surface area contributed by atoms with Crippen LogP contribution in [0.25, 0.3) is 12.2 Å². The van der Waals surface area contributed by atoms with E-state index in [1.54, 1.807) is 17.4 Å². The molecule has 4 rings (SSSR count). The fourth-order valence-corrected chi connectivity index (χ4v) is 3.42. The van der Waals surface area contributed by atoms with Crippen LogP contribution in [-0.4, -0.2) is 15.1 Å². The number of benzene rings is 1. The lowest BCUT2D eigenvalue weighted by Gasteiger charge is -2.34. The lowest BCUT2D eigenvalue weighted by Crippen LogP contribution is -2.44. The van der Waals surface area contributed by atoms with Gasteiger partial charge in [-0.3, -0.25) is 0 Å². The number of nitrogens with zero attached hydrogens (tertiary/aromatic N) is 3.